The molecular weight excluding hydrogens is 214 g/mol. The fourth-order valence-corrected chi connectivity index (χ4v) is 2.12. The zero-order valence-electron chi connectivity index (χ0n) is 10.8. The average Bonchev–Trinajstić information content (AvgIpc) is 2.24. The van der Waals surface area contributed by atoms with Gasteiger partial charge in [0.2, 0.25) is 0 Å². The Morgan fingerprint density at radius 1 is 1.41 bits per heavy atom. The van der Waals surface area contributed by atoms with Gasteiger partial charge in [0.15, 0.2) is 0 Å². The molecule has 3 heteroatoms. The summed E-state index contributed by atoms with van der Waals surface area (Å²) < 4.78 is 0. The van der Waals surface area contributed by atoms with E-state index in [-0.39, 0.29) is 0 Å². The molecule has 0 saturated carbocycles. The Labute approximate surface area is 103 Å². The van der Waals surface area contributed by atoms with E-state index in [9.17, 15) is 9.90 Å². The molecule has 0 aliphatic carbocycles. The number of nitrogen functional groups attached to an aromatic ring is 1. The van der Waals surface area contributed by atoms with Crippen LogP contribution in [0.3, 0.4) is 0 Å². The number of aliphatic carboxylic acids is 1. The third-order valence-corrected chi connectivity index (χ3v) is 3.08. The first kappa shape index (κ1) is 13.6. The molecule has 1 rings (SSSR count). The van der Waals surface area contributed by atoms with Gasteiger partial charge in [0.1, 0.15) is 0 Å². The third kappa shape index (κ3) is 3.22. The molecule has 0 heterocycles. The van der Waals surface area contributed by atoms with E-state index in [1.165, 1.54) is 0 Å². The molecule has 1 atom stereocenters. The predicted molar refractivity (Wildman–Crippen MR) is 70.2 cm³/mol. The van der Waals surface area contributed by atoms with Gasteiger partial charge in [-0.15, -0.1) is 0 Å². The lowest BCUT2D eigenvalue weighted by molar-refractivity contribution is -0.139. The van der Waals surface area contributed by atoms with Gasteiger partial charge in [-0.1, -0.05) is 37.5 Å². The number of anilines is 1. The molecule has 94 valence electrons. The van der Waals surface area contributed by atoms with Gasteiger partial charge in [-0.3, -0.25) is 4.79 Å². The van der Waals surface area contributed by atoms with Crippen LogP contribution in [-0.2, 0) is 4.79 Å². The molecule has 1 aromatic carbocycles. The van der Waals surface area contributed by atoms with Crippen molar-refractivity contribution in [1.29, 1.82) is 0 Å². The van der Waals surface area contributed by atoms with Gasteiger partial charge in [0.25, 0.3) is 0 Å². The molecule has 0 saturated heterocycles. The molecule has 0 radical (unpaired) electrons. The second-order valence-corrected chi connectivity index (χ2v) is 4.62. The van der Waals surface area contributed by atoms with Crippen LogP contribution in [0, 0.1) is 13.8 Å². The van der Waals surface area contributed by atoms with Gasteiger partial charge in [-0.05, 0) is 31.4 Å². The highest BCUT2D eigenvalue weighted by Crippen LogP contribution is 2.30. The van der Waals surface area contributed by atoms with Crippen LogP contribution in [0.2, 0.25) is 0 Å². The topological polar surface area (TPSA) is 63.3 Å². The normalized spacial score (nSPS) is 12.4. The van der Waals surface area contributed by atoms with Crippen molar-refractivity contribution in [2.45, 2.75) is 46.0 Å². The number of nitrogens with two attached hydrogens (primary N) is 1. The van der Waals surface area contributed by atoms with Gasteiger partial charge in [0.05, 0.1) is 5.92 Å². The zero-order valence-corrected chi connectivity index (χ0v) is 10.8. The van der Waals surface area contributed by atoms with E-state index < -0.39 is 11.9 Å². The summed E-state index contributed by atoms with van der Waals surface area (Å²) in [5.74, 6) is -1.26. The molecule has 0 bridgehead atoms. The first-order valence-corrected chi connectivity index (χ1v) is 6.06. The van der Waals surface area contributed by atoms with E-state index >= 15 is 0 Å². The Hall–Kier alpha value is -1.51. The SMILES string of the molecule is CCCCC(C(=O)O)c1cc(C)cc(C)c1N. The van der Waals surface area contributed by atoms with Crippen molar-refractivity contribution in [1.82, 2.24) is 0 Å². The quantitative estimate of drug-likeness (QED) is 0.770. The Morgan fingerprint density at radius 2 is 2.06 bits per heavy atom. The lowest BCUT2D eigenvalue weighted by Gasteiger charge is -2.17. The predicted octanol–water partition coefficient (Wildman–Crippen LogP) is 3.24. The Kier molecular flexibility index (Phi) is 4.55. The zero-order chi connectivity index (χ0) is 13.0. The largest absolute Gasteiger partial charge is 0.481 e. The summed E-state index contributed by atoms with van der Waals surface area (Å²) in [7, 11) is 0. The summed E-state index contributed by atoms with van der Waals surface area (Å²) in [6.07, 6.45) is 2.55. The third-order valence-electron chi connectivity index (χ3n) is 3.08. The maximum absolute atomic E-state index is 11.3. The second-order valence-electron chi connectivity index (χ2n) is 4.62. The number of carboxylic acid groups (broad SMARTS) is 1. The number of benzene rings is 1. The highest BCUT2D eigenvalue weighted by Gasteiger charge is 2.22. The minimum Gasteiger partial charge on any atom is -0.481 e. The van der Waals surface area contributed by atoms with Crippen LogP contribution >= 0.6 is 0 Å². The van der Waals surface area contributed by atoms with Gasteiger partial charge in [0, 0.05) is 5.69 Å². The second kappa shape index (κ2) is 5.71. The van der Waals surface area contributed by atoms with Crippen LogP contribution in [0.1, 0.15) is 48.8 Å². The molecular formula is C14H21NO2. The van der Waals surface area contributed by atoms with Gasteiger partial charge < -0.3 is 10.8 Å². The minimum atomic E-state index is -0.782. The smallest absolute Gasteiger partial charge is 0.311 e. The van der Waals surface area contributed by atoms with E-state index in [0.29, 0.717) is 12.1 Å². The molecule has 0 aliphatic heterocycles. The van der Waals surface area contributed by atoms with Crippen molar-refractivity contribution >= 4 is 11.7 Å². The van der Waals surface area contributed by atoms with Crippen molar-refractivity contribution < 1.29 is 9.90 Å². The average molecular weight is 235 g/mol. The lowest BCUT2D eigenvalue weighted by atomic mass is 9.89. The number of carboxylic acids is 1. The number of aryl methyl sites for hydroxylation is 2. The van der Waals surface area contributed by atoms with Crippen molar-refractivity contribution in [3.63, 3.8) is 0 Å². The van der Waals surface area contributed by atoms with Gasteiger partial charge in [-0.2, -0.15) is 0 Å². The molecule has 1 unspecified atom stereocenters. The van der Waals surface area contributed by atoms with Crippen molar-refractivity contribution in [3.05, 3.63) is 28.8 Å². The summed E-state index contributed by atoms with van der Waals surface area (Å²) in [6, 6.07) is 3.88. The Morgan fingerprint density at radius 3 is 2.59 bits per heavy atom. The van der Waals surface area contributed by atoms with Crippen molar-refractivity contribution in [2.24, 2.45) is 0 Å². The minimum absolute atomic E-state index is 0.478. The molecule has 17 heavy (non-hydrogen) atoms. The van der Waals surface area contributed by atoms with E-state index in [1.807, 2.05) is 26.0 Å². The molecule has 0 aromatic heterocycles. The molecule has 1 aromatic rings. The molecule has 0 amide bonds. The highest BCUT2D eigenvalue weighted by molar-refractivity contribution is 5.79. The van der Waals surface area contributed by atoms with Crippen LogP contribution in [0.4, 0.5) is 5.69 Å². The standard InChI is InChI=1S/C14H21NO2/c1-4-5-6-11(14(16)17)12-8-9(2)7-10(3)13(12)15/h7-8,11H,4-6,15H2,1-3H3,(H,16,17). The van der Waals surface area contributed by atoms with Crippen LogP contribution in [0.15, 0.2) is 12.1 Å². The number of carbonyl (C=O) groups is 1. The van der Waals surface area contributed by atoms with E-state index in [0.717, 1.165) is 29.5 Å². The number of hydrogen-bond acceptors (Lipinski definition) is 2. The van der Waals surface area contributed by atoms with Gasteiger partial charge in [-0.25, -0.2) is 0 Å². The number of hydrogen-bond donors (Lipinski definition) is 2. The summed E-state index contributed by atoms with van der Waals surface area (Å²) in [5, 5.41) is 9.30. The molecule has 0 spiro atoms. The van der Waals surface area contributed by atoms with Crippen LogP contribution < -0.4 is 5.73 Å². The van der Waals surface area contributed by atoms with Crippen molar-refractivity contribution in [2.75, 3.05) is 5.73 Å². The lowest BCUT2D eigenvalue weighted by Crippen LogP contribution is -2.14. The van der Waals surface area contributed by atoms with Gasteiger partial charge >= 0.3 is 5.97 Å². The monoisotopic (exact) mass is 235 g/mol. The molecule has 3 nitrogen and oxygen atoms in total. The van der Waals surface area contributed by atoms with E-state index in [4.69, 9.17) is 5.73 Å². The van der Waals surface area contributed by atoms with Crippen LogP contribution in [0.5, 0.6) is 0 Å². The molecule has 0 aliphatic rings. The fraction of sp³-hybridized carbons (Fsp3) is 0.500. The first-order valence-electron chi connectivity index (χ1n) is 6.06. The van der Waals surface area contributed by atoms with Crippen LogP contribution in [0.25, 0.3) is 0 Å². The molecule has 0 fully saturated rings. The summed E-state index contributed by atoms with van der Waals surface area (Å²) in [6.45, 7) is 5.95. The van der Waals surface area contributed by atoms with Crippen molar-refractivity contribution in [3.8, 4) is 0 Å². The fourth-order valence-electron chi connectivity index (χ4n) is 2.12. The highest BCUT2D eigenvalue weighted by atomic mass is 16.4. The first-order chi connectivity index (χ1) is 7.97. The summed E-state index contributed by atoms with van der Waals surface area (Å²) in [4.78, 5) is 11.3. The maximum Gasteiger partial charge on any atom is 0.311 e. The van der Waals surface area contributed by atoms with Crippen LogP contribution in [-0.4, -0.2) is 11.1 Å². The molecule has 3 N–H and O–H groups in total. The van der Waals surface area contributed by atoms with E-state index in [1.54, 1.807) is 0 Å². The Balaban J connectivity index is 3.13. The summed E-state index contributed by atoms with van der Waals surface area (Å²) in [5.41, 5.74) is 9.42. The number of unbranched alkanes of at least 4 members (excludes halogenated alkanes) is 1. The van der Waals surface area contributed by atoms with E-state index in [2.05, 4.69) is 6.92 Å². The maximum atomic E-state index is 11.3. The number of rotatable bonds is 5. The Bertz CT molecular complexity index is 413. The summed E-state index contributed by atoms with van der Waals surface area (Å²) >= 11 is 0.